The third kappa shape index (κ3) is 3.52. The maximum Gasteiger partial charge on any atom is 0.133 e. The summed E-state index contributed by atoms with van der Waals surface area (Å²) in [6.07, 6.45) is 4.22. The highest BCUT2D eigenvalue weighted by atomic mass is 79.9. The largest absolute Gasteiger partial charge is 0.356 e. The molecule has 1 saturated heterocycles. The number of nitrogens with zero attached hydrogens (tertiary/aromatic N) is 3. The second kappa shape index (κ2) is 6.59. The molecule has 0 aliphatic carbocycles. The van der Waals surface area contributed by atoms with Gasteiger partial charge in [-0.3, -0.25) is 0 Å². The van der Waals surface area contributed by atoms with Gasteiger partial charge < -0.3 is 4.90 Å². The number of benzene rings is 1. The van der Waals surface area contributed by atoms with Crippen molar-refractivity contribution in [1.29, 1.82) is 0 Å². The quantitative estimate of drug-likeness (QED) is 0.612. The summed E-state index contributed by atoms with van der Waals surface area (Å²) >= 11 is 5.21. The molecule has 3 rings (SSSR count). The van der Waals surface area contributed by atoms with Crippen molar-refractivity contribution in [2.45, 2.75) is 23.6 Å². The smallest absolute Gasteiger partial charge is 0.133 e. The van der Waals surface area contributed by atoms with E-state index in [4.69, 9.17) is 0 Å². The maximum atomic E-state index is 4.38. The molecule has 0 radical (unpaired) electrons. The van der Waals surface area contributed by atoms with Crippen LogP contribution in [0.2, 0.25) is 0 Å². The minimum atomic E-state index is 0.934. The molecular weight excluding hydrogens is 334 g/mol. The molecule has 1 aromatic carbocycles. The van der Waals surface area contributed by atoms with Crippen LogP contribution >= 0.6 is 27.7 Å². The normalized spacial score (nSPS) is 14.8. The van der Waals surface area contributed by atoms with Crippen molar-refractivity contribution >= 4 is 33.5 Å². The maximum absolute atomic E-state index is 4.38. The summed E-state index contributed by atoms with van der Waals surface area (Å²) in [4.78, 5) is 11.1. The highest BCUT2D eigenvalue weighted by Crippen LogP contribution is 2.25. The highest BCUT2D eigenvalue weighted by molar-refractivity contribution is 9.10. The van der Waals surface area contributed by atoms with Gasteiger partial charge in [-0.15, -0.1) is 11.8 Å². The number of hydrogen-bond acceptors (Lipinski definition) is 4. The average molecular weight is 350 g/mol. The number of anilines is 1. The second-order valence-corrected chi connectivity index (χ2v) is 6.74. The molecule has 1 fully saturated rings. The van der Waals surface area contributed by atoms with Crippen LogP contribution in [0.3, 0.4) is 0 Å². The summed E-state index contributed by atoms with van der Waals surface area (Å²) in [6, 6.07) is 10.5. The topological polar surface area (TPSA) is 29.0 Å². The van der Waals surface area contributed by atoms with Crippen LogP contribution in [0.4, 0.5) is 5.82 Å². The van der Waals surface area contributed by atoms with Crippen LogP contribution in [-0.2, 0) is 5.75 Å². The van der Waals surface area contributed by atoms with Crippen molar-refractivity contribution in [3.8, 4) is 0 Å². The number of rotatable bonds is 4. The Morgan fingerprint density at radius 1 is 1.10 bits per heavy atom. The molecule has 2 heterocycles. The van der Waals surface area contributed by atoms with Crippen molar-refractivity contribution in [3.63, 3.8) is 0 Å². The van der Waals surface area contributed by atoms with E-state index in [2.05, 4.69) is 61.1 Å². The fraction of sp³-hybridized carbons (Fsp3) is 0.333. The third-order valence-corrected chi connectivity index (χ3v) is 4.88. The van der Waals surface area contributed by atoms with E-state index in [1.165, 1.54) is 18.4 Å². The van der Waals surface area contributed by atoms with Gasteiger partial charge in [-0.1, -0.05) is 28.1 Å². The minimum absolute atomic E-state index is 0.934. The first kappa shape index (κ1) is 13.9. The molecule has 3 nitrogen and oxygen atoms in total. The van der Waals surface area contributed by atoms with Gasteiger partial charge in [0.15, 0.2) is 0 Å². The van der Waals surface area contributed by atoms with E-state index in [0.29, 0.717) is 0 Å². The summed E-state index contributed by atoms with van der Waals surface area (Å²) in [7, 11) is 0. The van der Waals surface area contributed by atoms with Crippen molar-refractivity contribution in [2.75, 3.05) is 18.0 Å². The fourth-order valence-electron chi connectivity index (χ4n) is 2.27. The third-order valence-electron chi connectivity index (χ3n) is 3.36. The zero-order valence-electron chi connectivity index (χ0n) is 11.1. The molecule has 2 aromatic rings. The van der Waals surface area contributed by atoms with Crippen LogP contribution in [0.25, 0.3) is 0 Å². The number of halogens is 1. The molecule has 5 heteroatoms. The SMILES string of the molecule is Brc1ccc(CSc2cc(N3CCCC3)ncn2)cc1. The zero-order chi connectivity index (χ0) is 13.8. The molecule has 0 atom stereocenters. The van der Waals surface area contributed by atoms with E-state index in [-0.39, 0.29) is 0 Å². The van der Waals surface area contributed by atoms with Crippen LogP contribution in [-0.4, -0.2) is 23.1 Å². The van der Waals surface area contributed by atoms with Crippen LogP contribution in [0.1, 0.15) is 18.4 Å². The van der Waals surface area contributed by atoms with Crippen LogP contribution in [0.5, 0.6) is 0 Å². The molecule has 1 aromatic heterocycles. The summed E-state index contributed by atoms with van der Waals surface area (Å²) in [5.74, 6) is 2.00. The van der Waals surface area contributed by atoms with Gasteiger partial charge in [0.25, 0.3) is 0 Å². The van der Waals surface area contributed by atoms with Gasteiger partial charge in [-0.2, -0.15) is 0 Å². The zero-order valence-corrected chi connectivity index (χ0v) is 13.5. The van der Waals surface area contributed by atoms with E-state index in [9.17, 15) is 0 Å². The Balaban J connectivity index is 1.65. The van der Waals surface area contributed by atoms with Gasteiger partial charge in [0, 0.05) is 29.4 Å². The van der Waals surface area contributed by atoms with Gasteiger partial charge in [0.2, 0.25) is 0 Å². The van der Waals surface area contributed by atoms with Gasteiger partial charge in [-0.25, -0.2) is 9.97 Å². The van der Waals surface area contributed by atoms with Gasteiger partial charge in [-0.05, 0) is 30.5 Å². The molecule has 0 bridgehead atoms. The van der Waals surface area contributed by atoms with Crippen LogP contribution < -0.4 is 4.90 Å². The van der Waals surface area contributed by atoms with Gasteiger partial charge in [0.05, 0.1) is 0 Å². The lowest BCUT2D eigenvalue weighted by Gasteiger charge is -2.16. The van der Waals surface area contributed by atoms with Crippen molar-refractivity contribution < 1.29 is 0 Å². The standard InChI is InChI=1S/C15H16BrN3S/c16-13-5-3-12(4-6-13)10-20-15-9-14(17-11-18-15)19-7-1-2-8-19/h3-6,9,11H,1-2,7-8,10H2. The van der Waals surface area contributed by atoms with E-state index < -0.39 is 0 Å². The lowest BCUT2D eigenvalue weighted by atomic mass is 10.2. The molecule has 1 aliphatic rings. The Kier molecular flexibility index (Phi) is 4.58. The molecule has 0 saturated carbocycles. The predicted molar refractivity (Wildman–Crippen MR) is 87.2 cm³/mol. The minimum Gasteiger partial charge on any atom is -0.356 e. The number of hydrogen-bond donors (Lipinski definition) is 0. The van der Waals surface area contributed by atoms with Crippen LogP contribution in [0.15, 0.2) is 46.2 Å². The van der Waals surface area contributed by atoms with Crippen LogP contribution in [0, 0.1) is 0 Å². The molecule has 0 N–H and O–H groups in total. The summed E-state index contributed by atoms with van der Waals surface area (Å²) in [6.45, 7) is 2.24. The fourth-order valence-corrected chi connectivity index (χ4v) is 3.35. The summed E-state index contributed by atoms with van der Waals surface area (Å²) in [5, 5.41) is 1.05. The molecule has 0 amide bonds. The predicted octanol–water partition coefficient (Wildman–Crippen LogP) is 4.13. The summed E-state index contributed by atoms with van der Waals surface area (Å²) in [5.41, 5.74) is 1.31. The van der Waals surface area contributed by atoms with Gasteiger partial charge in [0.1, 0.15) is 17.2 Å². The Morgan fingerprint density at radius 2 is 1.85 bits per heavy atom. The first-order valence-corrected chi connectivity index (χ1v) is 8.53. The second-order valence-electron chi connectivity index (χ2n) is 4.82. The van der Waals surface area contributed by atoms with Gasteiger partial charge >= 0.3 is 0 Å². The molecule has 1 aliphatic heterocycles. The first-order valence-electron chi connectivity index (χ1n) is 6.75. The molecule has 0 spiro atoms. The number of aromatic nitrogens is 2. The molecule has 104 valence electrons. The van der Waals surface area contributed by atoms with E-state index in [0.717, 1.165) is 34.2 Å². The Hall–Kier alpha value is -1.07. The molecule has 20 heavy (non-hydrogen) atoms. The van der Waals surface area contributed by atoms with Crippen molar-refractivity contribution in [1.82, 2.24) is 9.97 Å². The summed E-state index contributed by atoms with van der Waals surface area (Å²) < 4.78 is 1.12. The van der Waals surface area contributed by atoms with E-state index in [1.807, 2.05) is 0 Å². The Bertz CT molecular complexity index is 568. The molecule has 0 unspecified atom stereocenters. The van der Waals surface area contributed by atoms with Crippen molar-refractivity contribution in [2.24, 2.45) is 0 Å². The van der Waals surface area contributed by atoms with Crippen molar-refractivity contribution in [3.05, 3.63) is 46.7 Å². The molecular formula is C15H16BrN3S. The highest BCUT2D eigenvalue weighted by Gasteiger charge is 2.14. The average Bonchev–Trinajstić information content (AvgIpc) is 3.01. The van der Waals surface area contributed by atoms with E-state index >= 15 is 0 Å². The van der Waals surface area contributed by atoms with E-state index in [1.54, 1.807) is 18.1 Å². The first-order chi connectivity index (χ1) is 9.81. The lowest BCUT2D eigenvalue weighted by Crippen LogP contribution is -2.18. The lowest BCUT2D eigenvalue weighted by molar-refractivity contribution is 0.908. The Labute approximate surface area is 131 Å². The Morgan fingerprint density at radius 3 is 2.60 bits per heavy atom. The monoisotopic (exact) mass is 349 g/mol. The number of thioether (sulfide) groups is 1.